The summed E-state index contributed by atoms with van der Waals surface area (Å²) in [6.07, 6.45) is 0. The molecule has 0 radical (unpaired) electrons. The Balaban J connectivity index is 2.36. The van der Waals surface area contributed by atoms with Crippen molar-refractivity contribution in [2.24, 2.45) is 0 Å². The third-order valence-electron chi connectivity index (χ3n) is 3.11. The molecule has 0 saturated carbocycles. The first-order valence-corrected chi connectivity index (χ1v) is 6.27. The standard InChI is InChI=1S/C17H9NO3/c18-10-11-4-3-5-12(8-11)16-9-15(20)13-6-1-2-7-14(19)17(13)21-16/h1-9H. The van der Waals surface area contributed by atoms with Gasteiger partial charge in [0.15, 0.2) is 11.0 Å². The number of nitriles is 1. The van der Waals surface area contributed by atoms with Crippen molar-refractivity contribution in [3.8, 4) is 17.4 Å². The van der Waals surface area contributed by atoms with Crippen LogP contribution in [0.5, 0.6) is 0 Å². The maximum Gasteiger partial charge on any atom is 0.221 e. The monoisotopic (exact) mass is 275 g/mol. The molecule has 0 aliphatic carbocycles. The van der Waals surface area contributed by atoms with Gasteiger partial charge in [0.2, 0.25) is 5.43 Å². The van der Waals surface area contributed by atoms with Crippen LogP contribution in [0, 0.1) is 11.3 Å². The van der Waals surface area contributed by atoms with E-state index in [-0.39, 0.29) is 27.6 Å². The van der Waals surface area contributed by atoms with Crippen LogP contribution in [0.3, 0.4) is 0 Å². The van der Waals surface area contributed by atoms with Gasteiger partial charge in [0.1, 0.15) is 5.76 Å². The molecule has 1 heterocycles. The molecular weight excluding hydrogens is 266 g/mol. The molecule has 3 rings (SSSR count). The molecule has 0 fully saturated rings. The topological polar surface area (TPSA) is 71.1 Å². The van der Waals surface area contributed by atoms with Crippen molar-refractivity contribution in [3.05, 3.63) is 80.6 Å². The fraction of sp³-hybridized carbons (Fsp3) is 0. The summed E-state index contributed by atoms with van der Waals surface area (Å²) < 4.78 is 5.60. The van der Waals surface area contributed by atoms with Crippen molar-refractivity contribution < 1.29 is 4.42 Å². The second kappa shape index (κ2) is 5.06. The van der Waals surface area contributed by atoms with Crippen molar-refractivity contribution in [3.63, 3.8) is 0 Å². The second-order valence-electron chi connectivity index (χ2n) is 4.49. The summed E-state index contributed by atoms with van der Waals surface area (Å²) in [5, 5.41) is 9.16. The van der Waals surface area contributed by atoms with Gasteiger partial charge < -0.3 is 4.42 Å². The summed E-state index contributed by atoms with van der Waals surface area (Å²) in [6, 6.07) is 16.1. The zero-order valence-corrected chi connectivity index (χ0v) is 10.9. The summed E-state index contributed by atoms with van der Waals surface area (Å²) in [4.78, 5) is 24.1. The Morgan fingerprint density at radius 1 is 0.905 bits per heavy atom. The molecule has 100 valence electrons. The van der Waals surface area contributed by atoms with Crippen LogP contribution in [0.1, 0.15) is 5.56 Å². The molecule has 0 amide bonds. The molecule has 4 heteroatoms. The Bertz CT molecular complexity index is 997. The van der Waals surface area contributed by atoms with E-state index in [1.54, 1.807) is 42.5 Å². The lowest BCUT2D eigenvalue weighted by atomic mass is 10.1. The third-order valence-corrected chi connectivity index (χ3v) is 3.11. The van der Waals surface area contributed by atoms with E-state index in [9.17, 15) is 9.59 Å². The summed E-state index contributed by atoms with van der Waals surface area (Å²) >= 11 is 0. The molecule has 0 aliphatic heterocycles. The minimum absolute atomic E-state index is 0.0184. The van der Waals surface area contributed by atoms with Gasteiger partial charge in [-0.25, -0.2) is 0 Å². The Morgan fingerprint density at radius 3 is 2.52 bits per heavy atom. The van der Waals surface area contributed by atoms with E-state index in [2.05, 4.69) is 0 Å². The smallest absolute Gasteiger partial charge is 0.221 e. The van der Waals surface area contributed by atoms with Gasteiger partial charge in [-0.1, -0.05) is 24.3 Å². The number of hydrogen-bond acceptors (Lipinski definition) is 4. The zero-order valence-electron chi connectivity index (χ0n) is 10.9. The molecule has 3 aromatic rings. The van der Waals surface area contributed by atoms with Gasteiger partial charge in [0, 0.05) is 11.6 Å². The zero-order chi connectivity index (χ0) is 14.8. The molecule has 0 bridgehead atoms. The summed E-state index contributed by atoms with van der Waals surface area (Å²) in [6.45, 7) is 0. The van der Waals surface area contributed by atoms with Crippen LogP contribution in [0.25, 0.3) is 22.3 Å². The van der Waals surface area contributed by atoms with E-state index in [1.165, 1.54) is 12.1 Å². The Kier molecular flexibility index (Phi) is 3.09. The average Bonchev–Trinajstić information content (AvgIpc) is 2.70. The van der Waals surface area contributed by atoms with E-state index < -0.39 is 0 Å². The van der Waals surface area contributed by atoms with Gasteiger partial charge in [0.05, 0.1) is 17.0 Å². The van der Waals surface area contributed by atoms with Crippen molar-refractivity contribution in [1.29, 1.82) is 5.26 Å². The highest BCUT2D eigenvalue weighted by molar-refractivity contribution is 5.77. The fourth-order valence-electron chi connectivity index (χ4n) is 2.10. The van der Waals surface area contributed by atoms with Crippen LogP contribution in [0.15, 0.2) is 68.6 Å². The molecule has 0 unspecified atom stereocenters. The van der Waals surface area contributed by atoms with Crippen molar-refractivity contribution >= 4 is 11.0 Å². The number of rotatable bonds is 1. The lowest BCUT2D eigenvalue weighted by Crippen LogP contribution is -2.05. The quantitative estimate of drug-likeness (QED) is 0.684. The largest absolute Gasteiger partial charge is 0.452 e. The number of hydrogen-bond donors (Lipinski definition) is 0. The number of fused-ring (bicyclic) bond motifs is 1. The molecule has 1 aromatic heterocycles. The van der Waals surface area contributed by atoms with E-state index in [4.69, 9.17) is 9.68 Å². The molecule has 0 N–H and O–H groups in total. The highest BCUT2D eigenvalue weighted by Gasteiger charge is 2.08. The highest BCUT2D eigenvalue weighted by atomic mass is 16.3. The van der Waals surface area contributed by atoms with Crippen LogP contribution in [-0.4, -0.2) is 0 Å². The van der Waals surface area contributed by atoms with Crippen molar-refractivity contribution in [2.45, 2.75) is 0 Å². The van der Waals surface area contributed by atoms with Crippen LogP contribution in [0.4, 0.5) is 0 Å². The third kappa shape index (κ3) is 2.33. The normalized spacial score (nSPS) is 10.2. The molecule has 0 atom stereocenters. The molecule has 0 saturated heterocycles. The Labute approximate surface area is 119 Å². The SMILES string of the molecule is N#Cc1cccc(-c2cc(=O)c3ccccc(=O)c3o2)c1. The maximum atomic E-state index is 12.2. The van der Waals surface area contributed by atoms with E-state index in [0.717, 1.165) is 0 Å². The first-order chi connectivity index (χ1) is 10.2. The average molecular weight is 275 g/mol. The lowest BCUT2D eigenvalue weighted by Gasteiger charge is -2.01. The Morgan fingerprint density at radius 2 is 1.71 bits per heavy atom. The first kappa shape index (κ1) is 12.8. The molecule has 4 nitrogen and oxygen atoms in total. The molecule has 21 heavy (non-hydrogen) atoms. The van der Waals surface area contributed by atoms with Crippen LogP contribution in [-0.2, 0) is 0 Å². The minimum Gasteiger partial charge on any atom is -0.452 e. The number of benzene rings is 1. The van der Waals surface area contributed by atoms with Crippen LogP contribution in [0.2, 0.25) is 0 Å². The van der Waals surface area contributed by atoms with Crippen molar-refractivity contribution in [2.75, 3.05) is 0 Å². The lowest BCUT2D eigenvalue weighted by molar-refractivity contribution is 0.616. The molecular formula is C17H9NO3. The first-order valence-electron chi connectivity index (χ1n) is 6.27. The van der Waals surface area contributed by atoms with Gasteiger partial charge in [-0.05, 0) is 24.3 Å². The summed E-state index contributed by atoms with van der Waals surface area (Å²) in [5.41, 5.74) is 0.410. The molecule has 0 spiro atoms. The van der Waals surface area contributed by atoms with E-state index in [0.29, 0.717) is 11.1 Å². The van der Waals surface area contributed by atoms with Gasteiger partial charge >= 0.3 is 0 Å². The van der Waals surface area contributed by atoms with E-state index in [1.807, 2.05) is 6.07 Å². The second-order valence-corrected chi connectivity index (χ2v) is 4.49. The molecule has 0 aliphatic rings. The van der Waals surface area contributed by atoms with Crippen LogP contribution >= 0.6 is 0 Å². The van der Waals surface area contributed by atoms with Crippen LogP contribution < -0.4 is 10.9 Å². The van der Waals surface area contributed by atoms with E-state index >= 15 is 0 Å². The van der Waals surface area contributed by atoms with Gasteiger partial charge in [-0.3, -0.25) is 9.59 Å². The highest BCUT2D eigenvalue weighted by Crippen LogP contribution is 2.21. The predicted octanol–water partition coefficient (Wildman–Crippen LogP) is 2.69. The fourth-order valence-corrected chi connectivity index (χ4v) is 2.10. The summed E-state index contributed by atoms with van der Waals surface area (Å²) in [7, 11) is 0. The Hall–Kier alpha value is -3.19. The summed E-state index contributed by atoms with van der Waals surface area (Å²) in [5.74, 6) is 0.271. The van der Waals surface area contributed by atoms with Gasteiger partial charge in [-0.2, -0.15) is 5.26 Å². The van der Waals surface area contributed by atoms with Gasteiger partial charge in [0.25, 0.3) is 0 Å². The van der Waals surface area contributed by atoms with Gasteiger partial charge in [-0.15, -0.1) is 0 Å². The predicted molar refractivity (Wildman–Crippen MR) is 78.9 cm³/mol. The number of nitrogens with zero attached hydrogens (tertiary/aromatic N) is 1. The van der Waals surface area contributed by atoms with Crippen molar-refractivity contribution in [1.82, 2.24) is 0 Å². The minimum atomic E-state index is -0.356. The molecule has 2 aromatic carbocycles. The maximum absolute atomic E-state index is 12.2.